The highest BCUT2D eigenvalue weighted by atomic mass is 79.9. The lowest BCUT2D eigenvalue weighted by Crippen LogP contribution is -2.10. The SMILES string of the molecule is O=C(Oc1ccc(Br)cc1F)c1ccc(Cl)c([N+](=O)[O-])c1. The molecule has 0 saturated heterocycles. The van der Waals surface area contributed by atoms with E-state index in [2.05, 4.69) is 15.9 Å². The largest absolute Gasteiger partial charge is 0.420 e. The first-order valence-electron chi connectivity index (χ1n) is 5.49. The first-order chi connectivity index (χ1) is 9.88. The van der Waals surface area contributed by atoms with Crippen molar-refractivity contribution >= 4 is 39.2 Å². The number of nitrogens with zero attached hydrogens (tertiary/aromatic N) is 1. The van der Waals surface area contributed by atoms with Crippen LogP contribution in [0.25, 0.3) is 0 Å². The molecule has 0 aliphatic carbocycles. The minimum Gasteiger partial charge on any atom is -0.420 e. The van der Waals surface area contributed by atoms with Crippen molar-refractivity contribution in [2.45, 2.75) is 0 Å². The van der Waals surface area contributed by atoms with Crippen molar-refractivity contribution in [3.05, 3.63) is 67.4 Å². The van der Waals surface area contributed by atoms with Crippen molar-refractivity contribution in [1.29, 1.82) is 0 Å². The number of halogens is 3. The Labute approximate surface area is 131 Å². The molecule has 0 amide bonds. The third-order valence-electron chi connectivity index (χ3n) is 2.48. The third kappa shape index (κ3) is 3.56. The van der Waals surface area contributed by atoms with Gasteiger partial charge in [0.05, 0.1) is 10.5 Å². The molecular formula is C13H6BrClFNO4. The number of nitro groups is 1. The Morgan fingerprint density at radius 3 is 2.62 bits per heavy atom. The second-order valence-corrected chi connectivity index (χ2v) is 5.21. The van der Waals surface area contributed by atoms with Crippen molar-refractivity contribution in [3.8, 4) is 5.75 Å². The predicted octanol–water partition coefficient (Wildman–Crippen LogP) is 4.37. The van der Waals surface area contributed by atoms with Crippen LogP contribution in [0.3, 0.4) is 0 Å². The number of rotatable bonds is 3. The van der Waals surface area contributed by atoms with Gasteiger partial charge in [-0.3, -0.25) is 10.1 Å². The van der Waals surface area contributed by atoms with Crippen molar-refractivity contribution in [3.63, 3.8) is 0 Å². The molecule has 0 aromatic heterocycles. The monoisotopic (exact) mass is 373 g/mol. The zero-order chi connectivity index (χ0) is 15.6. The second-order valence-electron chi connectivity index (χ2n) is 3.89. The molecule has 2 aromatic rings. The fourth-order valence-corrected chi connectivity index (χ4v) is 2.02. The topological polar surface area (TPSA) is 69.4 Å². The van der Waals surface area contributed by atoms with Gasteiger partial charge in [0.15, 0.2) is 11.6 Å². The maximum absolute atomic E-state index is 13.6. The van der Waals surface area contributed by atoms with Crippen LogP contribution in [-0.4, -0.2) is 10.9 Å². The Bertz CT molecular complexity index is 738. The molecule has 0 radical (unpaired) electrons. The van der Waals surface area contributed by atoms with E-state index in [9.17, 15) is 19.3 Å². The lowest BCUT2D eigenvalue weighted by molar-refractivity contribution is -0.384. The molecule has 108 valence electrons. The van der Waals surface area contributed by atoms with Crippen LogP contribution in [-0.2, 0) is 0 Å². The van der Waals surface area contributed by atoms with Gasteiger partial charge in [0, 0.05) is 10.5 Å². The number of nitro benzene ring substituents is 1. The second kappa shape index (κ2) is 6.19. The highest BCUT2D eigenvalue weighted by Crippen LogP contribution is 2.27. The molecule has 5 nitrogen and oxygen atoms in total. The van der Waals surface area contributed by atoms with Gasteiger partial charge in [0.25, 0.3) is 5.69 Å². The standard InChI is InChI=1S/C13H6BrClFNO4/c14-8-2-4-12(10(16)6-8)21-13(18)7-1-3-9(15)11(5-7)17(19)20/h1-6H. The van der Waals surface area contributed by atoms with Gasteiger partial charge in [-0.05, 0) is 30.3 Å². The van der Waals surface area contributed by atoms with Crippen LogP contribution < -0.4 is 4.74 Å². The molecular weight excluding hydrogens is 369 g/mol. The minimum absolute atomic E-state index is 0.103. The fourth-order valence-electron chi connectivity index (χ4n) is 1.50. The summed E-state index contributed by atoms with van der Waals surface area (Å²) in [6, 6.07) is 7.33. The van der Waals surface area contributed by atoms with Crippen LogP contribution in [0.4, 0.5) is 10.1 Å². The summed E-state index contributed by atoms with van der Waals surface area (Å²) in [6.45, 7) is 0. The third-order valence-corrected chi connectivity index (χ3v) is 3.29. The molecule has 21 heavy (non-hydrogen) atoms. The number of ether oxygens (including phenoxy) is 1. The van der Waals surface area contributed by atoms with Gasteiger partial charge in [-0.2, -0.15) is 0 Å². The first kappa shape index (κ1) is 15.4. The van der Waals surface area contributed by atoms with Gasteiger partial charge in [-0.1, -0.05) is 27.5 Å². The van der Waals surface area contributed by atoms with E-state index < -0.39 is 22.4 Å². The number of esters is 1. The fraction of sp³-hybridized carbons (Fsp3) is 0. The normalized spacial score (nSPS) is 10.2. The molecule has 0 fully saturated rings. The molecule has 2 rings (SSSR count). The van der Waals surface area contributed by atoms with Gasteiger partial charge in [-0.25, -0.2) is 9.18 Å². The van der Waals surface area contributed by atoms with E-state index in [0.717, 1.165) is 12.1 Å². The summed E-state index contributed by atoms with van der Waals surface area (Å²) in [5.74, 6) is -1.93. The summed E-state index contributed by atoms with van der Waals surface area (Å²) >= 11 is 8.71. The first-order valence-corrected chi connectivity index (χ1v) is 6.67. The summed E-state index contributed by atoms with van der Waals surface area (Å²) in [6.07, 6.45) is 0. The quantitative estimate of drug-likeness (QED) is 0.346. The van der Waals surface area contributed by atoms with Gasteiger partial charge in [0.1, 0.15) is 5.02 Å². The average molecular weight is 375 g/mol. The van der Waals surface area contributed by atoms with Crippen molar-refractivity contribution in [2.75, 3.05) is 0 Å². The molecule has 0 atom stereocenters. The summed E-state index contributed by atoms with van der Waals surface area (Å²) in [4.78, 5) is 21.9. The molecule has 0 aliphatic rings. The van der Waals surface area contributed by atoms with E-state index in [1.165, 1.54) is 24.3 Å². The molecule has 0 unspecified atom stereocenters. The lowest BCUT2D eigenvalue weighted by atomic mass is 10.2. The maximum atomic E-state index is 13.6. The summed E-state index contributed by atoms with van der Waals surface area (Å²) < 4.78 is 18.9. The summed E-state index contributed by atoms with van der Waals surface area (Å²) in [7, 11) is 0. The molecule has 0 spiro atoms. The molecule has 0 aliphatic heterocycles. The smallest absolute Gasteiger partial charge is 0.343 e. The number of carbonyl (C=O) groups excluding carboxylic acids is 1. The molecule has 8 heteroatoms. The van der Waals surface area contributed by atoms with Crippen LogP contribution in [0.5, 0.6) is 5.75 Å². The summed E-state index contributed by atoms with van der Waals surface area (Å²) in [5.41, 5.74) is -0.532. The Kier molecular flexibility index (Phi) is 4.54. The molecule has 0 bridgehead atoms. The van der Waals surface area contributed by atoms with E-state index >= 15 is 0 Å². The Morgan fingerprint density at radius 2 is 2.00 bits per heavy atom. The lowest BCUT2D eigenvalue weighted by Gasteiger charge is -2.06. The van der Waals surface area contributed by atoms with E-state index in [-0.39, 0.29) is 16.3 Å². The summed E-state index contributed by atoms with van der Waals surface area (Å²) in [5, 5.41) is 10.6. The van der Waals surface area contributed by atoms with E-state index in [1.807, 2.05) is 0 Å². The number of carbonyl (C=O) groups is 1. The molecule has 0 saturated carbocycles. The van der Waals surface area contributed by atoms with Crippen LogP contribution in [0.2, 0.25) is 5.02 Å². The van der Waals surface area contributed by atoms with E-state index in [0.29, 0.717) is 4.47 Å². The van der Waals surface area contributed by atoms with Crippen LogP contribution >= 0.6 is 27.5 Å². The van der Waals surface area contributed by atoms with Crippen LogP contribution in [0.15, 0.2) is 40.9 Å². The van der Waals surface area contributed by atoms with Crippen LogP contribution in [0.1, 0.15) is 10.4 Å². The maximum Gasteiger partial charge on any atom is 0.343 e. The van der Waals surface area contributed by atoms with Gasteiger partial charge in [0.2, 0.25) is 0 Å². The van der Waals surface area contributed by atoms with Gasteiger partial charge in [-0.15, -0.1) is 0 Å². The van der Waals surface area contributed by atoms with Crippen molar-refractivity contribution in [1.82, 2.24) is 0 Å². The predicted molar refractivity (Wildman–Crippen MR) is 77.2 cm³/mol. The number of hydrogen-bond acceptors (Lipinski definition) is 4. The van der Waals surface area contributed by atoms with E-state index in [4.69, 9.17) is 16.3 Å². The van der Waals surface area contributed by atoms with Crippen LogP contribution in [0, 0.1) is 15.9 Å². The van der Waals surface area contributed by atoms with E-state index in [1.54, 1.807) is 0 Å². The zero-order valence-corrected chi connectivity index (χ0v) is 12.5. The number of hydrogen-bond donors (Lipinski definition) is 0. The Balaban J connectivity index is 2.28. The van der Waals surface area contributed by atoms with Crippen molar-refractivity contribution in [2.24, 2.45) is 0 Å². The van der Waals surface area contributed by atoms with Crippen molar-refractivity contribution < 1.29 is 18.8 Å². The molecule has 0 heterocycles. The highest BCUT2D eigenvalue weighted by Gasteiger charge is 2.18. The Hall–Kier alpha value is -1.99. The van der Waals surface area contributed by atoms with Gasteiger partial charge >= 0.3 is 5.97 Å². The molecule has 0 N–H and O–H groups in total. The van der Waals surface area contributed by atoms with Gasteiger partial charge < -0.3 is 4.74 Å². The average Bonchev–Trinajstić information content (AvgIpc) is 2.42. The molecule has 2 aromatic carbocycles. The minimum atomic E-state index is -0.920. The zero-order valence-electron chi connectivity index (χ0n) is 10.2. The number of benzene rings is 2. The highest BCUT2D eigenvalue weighted by molar-refractivity contribution is 9.10. The Morgan fingerprint density at radius 1 is 1.29 bits per heavy atom.